The number of fused-ring (bicyclic) bond motifs is 1. The molecule has 2 aromatic carbocycles. The van der Waals surface area contributed by atoms with E-state index in [1.807, 2.05) is 42.5 Å². The number of carbonyl (C=O) groups excluding carboxylic acids is 2. The molecule has 0 aromatic heterocycles. The topological polar surface area (TPSA) is 83.9 Å². The van der Waals surface area contributed by atoms with Gasteiger partial charge < -0.3 is 14.7 Å². The van der Waals surface area contributed by atoms with Crippen molar-refractivity contribution in [3.8, 4) is 0 Å². The second-order valence-corrected chi connectivity index (χ2v) is 6.49. The molecule has 2 aromatic rings. The van der Waals surface area contributed by atoms with E-state index in [2.05, 4.69) is 0 Å². The summed E-state index contributed by atoms with van der Waals surface area (Å²) in [6.07, 6.45) is 2.49. The molecular formula is C21H21NO5. The number of likely N-dealkylation sites (tertiary alicyclic amines) is 1. The van der Waals surface area contributed by atoms with Crippen molar-refractivity contribution in [3.05, 3.63) is 53.6 Å². The van der Waals surface area contributed by atoms with Gasteiger partial charge in [0.25, 0.3) is 0 Å². The predicted octanol–water partition coefficient (Wildman–Crippen LogP) is 2.86. The average Bonchev–Trinajstić information content (AvgIpc) is 3.17. The van der Waals surface area contributed by atoms with Crippen LogP contribution < -0.4 is 0 Å². The molecule has 0 radical (unpaired) electrons. The second kappa shape index (κ2) is 8.03. The summed E-state index contributed by atoms with van der Waals surface area (Å²) >= 11 is 0. The molecule has 0 unspecified atom stereocenters. The number of nitrogens with zero attached hydrogens (tertiary/aromatic N) is 1. The number of rotatable bonds is 5. The van der Waals surface area contributed by atoms with Gasteiger partial charge >= 0.3 is 11.9 Å². The molecule has 1 atom stereocenters. The number of aliphatic carboxylic acids is 1. The van der Waals surface area contributed by atoms with Crippen LogP contribution in [0.3, 0.4) is 0 Å². The van der Waals surface area contributed by atoms with Crippen LogP contribution in [0.5, 0.6) is 0 Å². The van der Waals surface area contributed by atoms with E-state index in [-0.39, 0.29) is 17.9 Å². The highest BCUT2D eigenvalue weighted by Crippen LogP contribution is 2.24. The van der Waals surface area contributed by atoms with Crippen molar-refractivity contribution < 1.29 is 24.2 Å². The van der Waals surface area contributed by atoms with Gasteiger partial charge in [0.15, 0.2) is 0 Å². The summed E-state index contributed by atoms with van der Waals surface area (Å²) in [5.41, 5.74) is 0.733. The van der Waals surface area contributed by atoms with Crippen molar-refractivity contribution in [2.75, 3.05) is 13.7 Å². The van der Waals surface area contributed by atoms with Gasteiger partial charge in [-0.1, -0.05) is 42.5 Å². The van der Waals surface area contributed by atoms with E-state index >= 15 is 0 Å². The lowest BCUT2D eigenvalue weighted by Gasteiger charge is -2.22. The molecule has 6 heteroatoms. The van der Waals surface area contributed by atoms with Gasteiger partial charge in [-0.05, 0) is 35.3 Å². The number of amides is 1. The summed E-state index contributed by atoms with van der Waals surface area (Å²) in [5, 5.41) is 11.5. The number of benzene rings is 2. The maximum Gasteiger partial charge on any atom is 0.332 e. The van der Waals surface area contributed by atoms with Crippen LogP contribution in [0, 0.1) is 0 Å². The summed E-state index contributed by atoms with van der Waals surface area (Å²) in [4.78, 5) is 37.7. The smallest absolute Gasteiger partial charge is 0.332 e. The van der Waals surface area contributed by atoms with E-state index in [4.69, 9.17) is 4.74 Å². The Hall–Kier alpha value is -3.15. The third-order valence-corrected chi connectivity index (χ3v) is 4.82. The fourth-order valence-corrected chi connectivity index (χ4v) is 3.46. The summed E-state index contributed by atoms with van der Waals surface area (Å²) in [6.45, 7) is 0.430. The summed E-state index contributed by atoms with van der Waals surface area (Å²) < 4.78 is 4.75. The highest BCUT2D eigenvalue weighted by molar-refractivity contribution is 6.01. The Morgan fingerprint density at radius 3 is 2.67 bits per heavy atom. The lowest BCUT2D eigenvalue weighted by atomic mass is 10.0. The quantitative estimate of drug-likeness (QED) is 0.649. The van der Waals surface area contributed by atoms with Gasteiger partial charge in [-0.2, -0.15) is 0 Å². The molecule has 0 aliphatic carbocycles. The van der Waals surface area contributed by atoms with Crippen molar-refractivity contribution in [2.45, 2.75) is 25.3 Å². The summed E-state index contributed by atoms with van der Waals surface area (Å²) in [5.74, 6) is -1.99. The summed E-state index contributed by atoms with van der Waals surface area (Å²) in [7, 11) is 1.28. The normalized spacial score (nSPS) is 17.1. The van der Waals surface area contributed by atoms with Gasteiger partial charge in [-0.15, -0.1) is 0 Å². The Kier molecular flexibility index (Phi) is 5.54. The lowest BCUT2D eigenvalue weighted by Crippen LogP contribution is -2.41. The average molecular weight is 367 g/mol. The van der Waals surface area contributed by atoms with Crippen molar-refractivity contribution in [2.24, 2.45) is 0 Å². The first-order valence-corrected chi connectivity index (χ1v) is 8.80. The molecule has 1 saturated heterocycles. The molecule has 0 bridgehead atoms. The largest absolute Gasteiger partial charge is 0.478 e. The molecule has 6 nitrogen and oxygen atoms in total. The maximum absolute atomic E-state index is 12.7. The molecule has 1 N–H and O–H groups in total. The van der Waals surface area contributed by atoms with Gasteiger partial charge in [0.2, 0.25) is 5.91 Å². The molecular weight excluding hydrogens is 346 g/mol. The fourth-order valence-electron chi connectivity index (χ4n) is 3.46. The van der Waals surface area contributed by atoms with E-state index < -0.39 is 18.0 Å². The Morgan fingerprint density at radius 1 is 1.19 bits per heavy atom. The van der Waals surface area contributed by atoms with Crippen molar-refractivity contribution in [1.29, 1.82) is 0 Å². The second-order valence-electron chi connectivity index (χ2n) is 6.49. The molecule has 1 fully saturated rings. The van der Waals surface area contributed by atoms with Gasteiger partial charge in [0.1, 0.15) is 6.04 Å². The van der Waals surface area contributed by atoms with Crippen molar-refractivity contribution >= 4 is 34.7 Å². The summed E-state index contributed by atoms with van der Waals surface area (Å²) in [6, 6.07) is 12.7. The Balaban J connectivity index is 1.88. The van der Waals surface area contributed by atoms with Gasteiger partial charge in [-0.3, -0.25) is 4.79 Å². The number of methoxy groups -OCH3 is 1. The van der Waals surface area contributed by atoms with Crippen LogP contribution in [0.15, 0.2) is 48.0 Å². The minimum absolute atomic E-state index is 0.00753. The lowest BCUT2D eigenvalue weighted by molar-refractivity contribution is -0.150. The van der Waals surface area contributed by atoms with Crippen molar-refractivity contribution in [3.63, 3.8) is 0 Å². The molecule has 1 amide bonds. The third kappa shape index (κ3) is 4.00. The van der Waals surface area contributed by atoms with E-state index in [1.54, 1.807) is 0 Å². The Bertz CT molecular complexity index is 912. The molecule has 0 spiro atoms. The maximum atomic E-state index is 12.7. The Labute approximate surface area is 157 Å². The van der Waals surface area contributed by atoms with Crippen LogP contribution in [0.2, 0.25) is 0 Å². The molecule has 1 aliphatic heterocycles. The minimum atomic E-state index is -1.15. The zero-order valence-electron chi connectivity index (χ0n) is 15.1. The number of esters is 1. The zero-order valence-corrected chi connectivity index (χ0v) is 15.1. The van der Waals surface area contributed by atoms with Crippen LogP contribution in [-0.4, -0.2) is 47.5 Å². The van der Waals surface area contributed by atoms with Gasteiger partial charge in [-0.25, -0.2) is 9.59 Å². The first-order valence-electron chi connectivity index (χ1n) is 8.80. The minimum Gasteiger partial charge on any atom is -0.478 e. The van der Waals surface area contributed by atoms with Crippen LogP contribution in [0.25, 0.3) is 16.8 Å². The van der Waals surface area contributed by atoms with E-state index in [9.17, 15) is 19.5 Å². The van der Waals surface area contributed by atoms with Crippen LogP contribution in [0.4, 0.5) is 0 Å². The molecule has 140 valence electrons. The number of carboxylic acids is 1. The molecule has 1 heterocycles. The van der Waals surface area contributed by atoms with E-state index in [1.165, 1.54) is 18.1 Å². The molecule has 3 rings (SSSR count). The third-order valence-electron chi connectivity index (χ3n) is 4.82. The van der Waals surface area contributed by atoms with Crippen LogP contribution in [-0.2, 0) is 19.1 Å². The number of hydrogen-bond acceptors (Lipinski definition) is 4. The standard InChI is InChI=1S/C21H21NO5/c1-27-21(26)18-10-5-11-22(18)19(23)13-16(20(24)25)12-15-8-4-7-14-6-2-3-9-17(14)15/h2-4,6-9,12,18H,5,10-11,13H2,1H3,(H,24,25)/t18-/m0/s1. The Morgan fingerprint density at radius 2 is 1.93 bits per heavy atom. The van der Waals surface area contributed by atoms with Crippen LogP contribution in [0.1, 0.15) is 24.8 Å². The molecule has 27 heavy (non-hydrogen) atoms. The van der Waals surface area contributed by atoms with Crippen molar-refractivity contribution in [1.82, 2.24) is 4.90 Å². The zero-order chi connectivity index (χ0) is 19.4. The van der Waals surface area contributed by atoms with Gasteiger partial charge in [0, 0.05) is 12.1 Å². The fraction of sp³-hybridized carbons (Fsp3) is 0.286. The first-order chi connectivity index (χ1) is 13.0. The van der Waals surface area contributed by atoms with E-state index in [0.717, 1.165) is 16.3 Å². The van der Waals surface area contributed by atoms with Crippen LogP contribution >= 0.6 is 0 Å². The number of ether oxygens (including phenoxy) is 1. The number of hydrogen-bond donors (Lipinski definition) is 1. The monoisotopic (exact) mass is 367 g/mol. The SMILES string of the molecule is COC(=O)[C@@H]1CCCN1C(=O)CC(=Cc1cccc2ccccc12)C(=O)O. The highest BCUT2D eigenvalue weighted by Gasteiger charge is 2.35. The molecule has 0 saturated carbocycles. The highest BCUT2D eigenvalue weighted by atomic mass is 16.5. The molecule has 1 aliphatic rings. The number of carbonyl (C=O) groups is 3. The first kappa shape index (κ1) is 18.6. The van der Waals surface area contributed by atoms with E-state index in [0.29, 0.717) is 19.4 Å². The number of carboxylic acid groups (broad SMARTS) is 1. The predicted molar refractivity (Wildman–Crippen MR) is 101 cm³/mol. The van der Waals surface area contributed by atoms with Gasteiger partial charge in [0.05, 0.1) is 13.5 Å².